The Morgan fingerprint density at radius 2 is 1.94 bits per heavy atom. The predicted octanol–water partition coefficient (Wildman–Crippen LogP) is 4.94. The molecule has 2 aromatic rings. The Morgan fingerprint density at radius 3 is 2.62 bits per heavy atom. The van der Waals surface area contributed by atoms with Crippen LogP contribution < -0.4 is 4.90 Å². The average molecular weight is 434 g/mol. The first-order valence-electron chi connectivity index (χ1n) is 10.3. The molecule has 0 spiro atoms. The van der Waals surface area contributed by atoms with Gasteiger partial charge in [0.25, 0.3) is 0 Å². The number of benzene rings is 2. The Bertz CT molecular complexity index is 1140. The number of hydrogen-bond donors (Lipinski definition) is 0. The lowest BCUT2D eigenvalue weighted by Gasteiger charge is -2.32. The zero-order valence-electron chi connectivity index (χ0n) is 17.3. The highest BCUT2D eigenvalue weighted by atomic mass is 19.4. The Labute approximate surface area is 184 Å². The van der Waals surface area contributed by atoms with Gasteiger partial charge in [0.2, 0.25) is 0 Å². The highest BCUT2D eigenvalue weighted by Crippen LogP contribution is 2.34. The number of aliphatic imine (C=N–C) groups is 1. The van der Waals surface area contributed by atoms with Crippen LogP contribution in [0.1, 0.15) is 23.1 Å². The zero-order valence-corrected chi connectivity index (χ0v) is 17.3. The van der Waals surface area contributed by atoms with Crippen LogP contribution in [0.5, 0.6) is 0 Å². The van der Waals surface area contributed by atoms with Gasteiger partial charge in [-0.25, -0.2) is 4.99 Å². The summed E-state index contributed by atoms with van der Waals surface area (Å²) in [6, 6.07) is 14.9. The summed E-state index contributed by atoms with van der Waals surface area (Å²) in [6.07, 6.45) is -0.0242. The van der Waals surface area contributed by atoms with Gasteiger partial charge in [-0.3, -0.25) is 4.90 Å². The number of likely N-dealkylation sites (tertiary alicyclic amines) is 1. The Kier molecular flexibility index (Phi) is 6.30. The molecule has 2 aromatic carbocycles. The smallest absolute Gasteiger partial charge is 0.363 e. The molecule has 1 fully saturated rings. The number of anilines is 1. The van der Waals surface area contributed by atoms with E-state index < -0.39 is 11.7 Å². The van der Waals surface area contributed by atoms with Crippen LogP contribution in [0, 0.1) is 11.3 Å². The van der Waals surface area contributed by atoms with Crippen LogP contribution in [-0.2, 0) is 12.7 Å². The first-order valence-corrected chi connectivity index (χ1v) is 10.3. The molecule has 0 radical (unpaired) electrons. The monoisotopic (exact) mass is 434 g/mol. The molecule has 4 nitrogen and oxygen atoms in total. The molecule has 0 aromatic heterocycles. The quantitative estimate of drug-likeness (QED) is 0.605. The number of alkyl halides is 3. The summed E-state index contributed by atoms with van der Waals surface area (Å²) < 4.78 is 40.8. The summed E-state index contributed by atoms with van der Waals surface area (Å²) in [7, 11) is 0. The van der Waals surface area contributed by atoms with Crippen molar-refractivity contribution in [2.45, 2.75) is 25.2 Å². The average Bonchev–Trinajstić information content (AvgIpc) is 3.26. The number of nitriles is 1. The molecule has 0 aliphatic carbocycles. The lowest BCUT2D eigenvalue weighted by Crippen LogP contribution is -2.38. The van der Waals surface area contributed by atoms with Crippen LogP contribution in [0.4, 0.5) is 18.9 Å². The number of nitrogens with zero attached hydrogens (tertiary/aromatic N) is 4. The summed E-state index contributed by atoms with van der Waals surface area (Å²) in [4.78, 5) is 8.15. The highest BCUT2D eigenvalue weighted by Gasteiger charge is 2.35. The third-order valence-electron chi connectivity index (χ3n) is 5.70. The summed E-state index contributed by atoms with van der Waals surface area (Å²) in [5.41, 5.74) is 4.92. The first kappa shape index (κ1) is 21.7. The van der Waals surface area contributed by atoms with Gasteiger partial charge in [-0.1, -0.05) is 18.2 Å². The summed E-state index contributed by atoms with van der Waals surface area (Å²) >= 11 is 0. The maximum Gasteiger partial charge on any atom is 0.416 e. The molecule has 0 amide bonds. The van der Waals surface area contributed by atoms with E-state index in [-0.39, 0.29) is 18.2 Å². The molecule has 0 N–H and O–H groups in total. The van der Waals surface area contributed by atoms with Gasteiger partial charge in [0.1, 0.15) is 0 Å². The van der Waals surface area contributed by atoms with Crippen molar-refractivity contribution in [1.82, 2.24) is 4.90 Å². The minimum absolute atomic E-state index is 0.0371. The van der Waals surface area contributed by atoms with E-state index in [4.69, 9.17) is 5.26 Å². The van der Waals surface area contributed by atoms with E-state index in [0.29, 0.717) is 18.7 Å². The van der Waals surface area contributed by atoms with Crippen LogP contribution in [0.2, 0.25) is 0 Å². The van der Waals surface area contributed by atoms with Crippen molar-refractivity contribution >= 4 is 11.6 Å². The minimum Gasteiger partial charge on any atom is -0.363 e. The molecule has 1 saturated heterocycles. The topological polar surface area (TPSA) is 42.6 Å². The summed E-state index contributed by atoms with van der Waals surface area (Å²) in [5, 5.41) is 9.11. The molecule has 1 unspecified atom stereocenters. The third-order valence-corrected chi connectivity index (χ3v) is 5.70. The number of halogens is 3. The molecule has 0 saturated carbocycles. The van der Waals surface area contributed by atoms with Crippen molar-refractivity contribution in [2.24, 2.45) is 4.99 Å². The second-order valence-electron chi connectivity index (χ2n) is 7.83. The lowest BCUT2D eigenvalue weighted by molar-refractivity contribution is -0.138. The molecular weight excluding hydrogens is 413 g/mol. The molecular formula is C25H21F3N4. The van der Waals surface area contributed by atoms with E-state index in [0.717, 1.165) is 30.3 Å². The zero-order chi connectivity index (χ0) is 22.6. The Morgan fingerprint density at radius 1 is 1.16 bits per heavy atom. The fourth-order valence-electron chi connectivity index (χ4n) is 4.13. The van der Waals surface area contributed by atoms with E-state index in [1.807, 2.05) is 23.1 Å². The highest BCUT2D eigenvalue weighted by molar-refractivity contribution is 5.56. The minimum atomic E-state index is -4.41. The standard InChI is InChI=1S/C25H21F3N4/c26-25(27,28)24-4-2-1-3-21(24)17-32(22-7-5-19(15-29)6-8-22)23-11-14-31(18-23)16-20-9-12-30-13-10-20/h1-9,12,23H,11,14,16-18H2. The summed E-state index contributed by atoms with van der Waals surface area (Å²) in [6.45, 7) is 2.37. The Hall–Kier alpha value is -3.55. The lowest BCUT2D eigenvalue weighted by atomic mass is 10.0. The van der Waals surface area contributed by atoms with Crippen molar-refractivity contribution in [2.75, 3.05) is 24.5 Å². The fourth-order valence-corrected chi connectivity index (χ4v) is 4.13. The molecule has 2 aliphatic heterocycles. The van der Waals surface area contributed by atoms with E-state index in [1.165, 1.54) is 12.1 Å². The molecule has 4 rings (SSSR count). The largest absolute Gasteiger partial charge is 0.416 e. The maximum absolute atomic E-state index is 13.6. The van der Waals surface area contributed by atoms with Crippen molar-refractivity contribution < 1.29 is 13.2 Å². The van der Waals surface area contributed by atoms with Crippen LogP contribution >= 0.6 is 0 Å². The van der Waals surface area contributed by atoms with E-state index in [2.05, 4.69) is 27.6 Å². The molecule has 2 heterocycles. The summed E-state index contributed by atoms with van der Waals surface area (Å²) in [5.74, 6) is 2.71. The SMILES string of the molecule is N#Cc1ccc(N(Cc2ccccc2C(F)(F)F)C2CCN(CC3=C=C=NC=C3)C2)cc1. The van der Waals surface area contributed by atoms with Crippen molar-refractivity contribution in [3.8, 4) is 6.07 Å². The second kappa shape index (κ2) is 9.30. The van der Waals surface area contributed by atoms with Gasteiger partial charge in [-0.2, -0.15) is 18.4 Å². The maximum atomic E-state index is 13.6. The molecule has 2 aliphatic rings. The van der Waals surface area contributed by atoms with Gasteiger partial charge >= 0.3 is 6.18 Å². The molecule has 162 valence electrons. The Balaban J connectivity index is 1.60. The van der Waals surface area contributed by atoms with Crippen LogP contribution in [0.15, 0.2) is 77.1 Å². The second-order valence-corrected chi connectivity index (χ2v) is 7.83. The predicted molar refractivity (Wildman–Crippen MR) is 117 cm³/mol. The molecule has 7 heteroatoms. The van der Waals surface area contributed by atoms with E-state index >= 15 is 0 Å². The number of rotatable bonds is 6. The van der Waals surface area contributed by atoms with E-state index in [9.17, 15) is 13.2 Å². The fraction of sp³-hybridized carbons (Fsp3) is 0.280. The first-order chi connectivity index (χ1) is 15.4. The number of hydrogen-bond acceptors (Lipinski definition) is 4. The van der Waals surface area contributed by atoms with Crippen molar-refractivity contribution in [3.05, 3.63) is 88.8 Å². The van der Waals surface area contributed by atoms with Crippen LogP contribution in [-0.4, -0.2) is 36.4 Å². The van der Waals surface area contributed by atoms with Gasteiger partial charge < -0.3 is 4.90 Å². The molecule has 0 bridgehead atoms. The van der Waals surface area contributed by atoms with Gasteiger partial charge in [-0.05, 0) is 54.1 Å². The van der Waals surface area contributed by atoms with Crippen LogP contribution in [0.25, 0.3) is 0 Å². The van der Waals surface area contributed by atoms with Gasteiger partial charge in [0, 0.05) is 55.6 Å². The van der Waals surface area contributed by atoms with Crippen molar-refractivity contribution in [1.29, 1.82) is 5.26 Å². The van der Waals surface area contributed by atoms with E-state index in [1.54, 1.807) is 24.4 Å². The van der Waals surface area contributed by atoms with Crippen molar-refractivity contribution in [3.63, 3.8) is 0 Å². The molecule has 32 heavy (non-hydrogen) atoms. The molecule has 1 atom stereocenters. The van der Waals surface area contributed by atoms with Crippen LogP contribution in [0.3, 0.4) is 0 Å². The third kappa shape index (κ3) is 5.01. The normalized spacial score (nSPS) is 17.9. The van der Waals surface area contributed by atoms with Gasteiger partial charge in [0.05, 0.1) is 17.2 Å². The van der Waals surface area contributed by atoms with Gasteiger partial charge in [-0.15, -0.1) is 0 Å². The van der Waals surface area contributed by atoms with Gasteiger partial charge in [0.15, 0.2) is 0 Å².